The molecular formula is C18H16O4. The number of hydrogen-bond acceptors (Lipinski definition) is 3. The lowest BCUT2D eigenvalue weighted by Crippen LogP contribution is -2.00. The van der Waals surface area contributed by atoms with Crippen LogP contribution in [-0.4, -0.2) is 11.1 Å². The van der Waals surface area contributed by atoms with Crippen molar-refractivity contribution in [2.75, 3.05) is 0 Å². The highest BCUT2D eigenvalue weighted by atomic mass is 16.5. The smallest absolute Gasteiger partial charge is 0.339 e. The molecule has 22 heavy (non-hydrogen) atoms. The molecule has 0 saturated carbocycles. The Bertz CT molecular complexity index is 831. The fourth-order valence-electron chi connectivity index (χ4n) is 2.60. The van der Waals surface area contributed by atoms with E-state index in [1.807, 2.05) is 43.3 Å². The Morgan fingerprint density at radius 3 is 2.55 bits per heavy atom. The van der Waals surface area contributed by atoms with E-state index in [1.54, 1.807) is 13.0 Å². The Morgan fingerprint density at radius 2 is 1.86 bits per heavy atom. The molecule has 2 aromatic carbocycles. The number of carbonyl (C=O) groups is 1. The van der Waals surface area contributed by atoms with Crippen LogP contribution < -0.4 is 4.74 Å². The number of benzene rings is 2. The van der Waals surface area contributed by atoms with E-state index >= 15 is 0 Å². The average Bonchev–Trinajstić information content (AvgIpc) is 2.85. The number of aryl methyl sites for hydroxylation is 2. The second-order valence-corrected chi connectivity index (χ2v) is 5.17. The number of rotatable bonds is 4. The van der Waals surface area contributed by atoms with Crippen LogP contribution in [0.3, 0.4) is 0 Å². The van der Waals surface area contributed by atoms with E-state index in [4.69, 9.17) is 9.15 Å². The van der Waals surface area contributed by atoms with Crippen molar-refractivity contribution in [1.29, 1.82) is 0 Å². The van der Waals surface area contributed by atoms with E-state index in [1.165, 1.54) is 0 Å². The number of carboxylic acid groups (broad SMARTS) is 1. The van der Waals surface area contributed by atoms with E-state index < -0.39 is 5.97 Å². The van der Waals surface area contributed by atoms with Gasteiger partial charge in [0.1, 0.15) is 29.3 Å². The Hall–Kier alpha value is -2.75. The van der Waals surface area contributed by atoms with Gasteiger partial charge in [-0.15, -0.1) is 0 Å². The van der Waals surface area contributed by atoms with Gasteiger partial charge in [0.2, 0.25) is 0 Å². The third kappa shape index (κ3) is 2.44. The second kappa shape index (κ2) is 5.56. The van der Waals surface area contributed by atoms with Crippen molar-refractivity contribution in [2.45, 2.75) is 20.5 Å². The molecule has 4 nitrogen and oxygen atoms in total. The van der Waals surface area contributed by atoms with Crippen LogP contribution in [0.2, 0.25) is 0 Å². The Labute approximate surface area is 127 Å². The van der Waals surface area contributed by atoms with Crippen LogP contribution in [0.25, 0.3) is 11.0 Å². The minimum atomic E-state index is -0.987. The molecule has 0 fully saturated rings. The van der Waals surface area contributed by atoms with Gasteiger partial charge in [0, 0.05) is 10.9 Å². The number of hydrogen-bond donors (Lipinski definition) is 1. The predicted octanol–water partition coefficient (Wildman–Crippen LogP) is 4.33. The van der Waals surface area contributed by atoms with Gasteiger partial charge in [0.05, 0.1) is 0 Å². The van der Waals surface area contributed by atoms with Crippen LogP contribution in [0.5, 0.6) is 5.75 Å². The first-order valence-electron chi connectivity index (χ1n) is 7.00. The zero-order valence-electron chi connectivity index (χ0n) is 12.4. The zero-order valence-corrected chi connectivity index (χ0v) is 12.4. The molecule has 0 aliphatic rings. The molecule has 3 rings (SSSR count). The van der Waals surface area contributed by atoms with Crippen LogP contribution in [0.1, 0.15) is 27.2 Å². The molecule has 3 aromatic rings. The summed E-state index contributed by atoms with van der Waals surface area (Å²) in [6, 6.07) is 13.4. The monoisotopic (exact) mass is 296 g/mol. The lowest BCUT2D eigenvalue weighted by atomic mass is 10.1. The molecule has 0 radical (unpaired) electrons. The van der Waals surface area contributed by atoms with Gasteiger partial charge in [0.25, 0.3) is 0 Å². The Kier molecular flexibility index (Phi) is 3.59. The summed E-state index contributed by atoms with van der Waals surface area (Å²) in [6.45, 7) is 3.95. The number of fused-ring (bicyclic) bond motifs is 1. The molecule has 0 aliphatic heterocycles. The van der Waals surface area contributed by atoms with Crippen molar-refractivity contribution < 1.29 is 19.1 Å². The van der Waals surface area contributed by atoms with Crippen LogP contribution in [0.15, 0.2) is 46.9 Å². The first kappa shape index (κ1) is 14.2. The van der Waals surface area contributed by atoms with Crippen LogP contribution in [0.4, 0.5) is 0 Å². The SMILES string of the molecule is Cc1oc2ccc(OCc3ccccc3)c(C)c2c1C(=O)O. The lowest BCUT2D eigenvalue weighted by Gasteiger charge is -2.10. The van der Waals surface area contributed by atoms with Crippen molar-refractivity contribution in [3.63, 3.8) is 0 Å². The average molecular weight is 296 g/mol. The van der Waals surface area contributed by atoms with E-state index in [-0.39, 0.29) is 5.56 Å². The maximum Gasteiger partial charge on any atom is 0.339 e. The zero-order chi connectivity index (χ0) is 15.7. The predicted molar refractivity (Wildman–Crippen MR) is 83.4 cm³/mol. The molecule has 4 heteroatoms. The Balaban J connectivity index is 1.99. The maximum atomic E-state index is 11.4. The van der Waals surface area contributed by atoms with Crippen molar-refractivity contribution in [1.82, 2.24) is 0 Å². The van der Waals surface area contributed by atoms with Gasteiger partial charge in [0.15, 0.2) is 0 Å². The first-order chi connectivity index (χ1) is 10.6. The van der Waals surface area contributed by atoms with Crippen molar-refractivity contribution in [3.05, 3.63) is 64.9 Å². The largest absolute Gasteiger partial charge is 0.489 e. The molecule has 0 unspecified atom stereocenters. The van der Waals surface area contributed by atoms with Gasteiger partial charge in [-0.05, 0) is 31.5 Å². The minimum Gasteiger partial charge on any atom is -0.489 e. The van der Waals surface area contributed by atoms with Crippen LogP contribution in [-0.2, 0) is 6.61 Å². The molecule has 1 N–H and O–H groups in total. The van der Waals surface area contributed by atoms with Gasteiger partial charge in [-0.2, -0.15) is 0 Å². The van der Waals surface area contributed by atoms with Gasteiger partial charge in [-0.25, -0.2) is 4.79 Å². The summed E-state index contributed by atoms with van der Waals surface area (Å²) >= 11 is 0. The van der Waals surface area contributed by atoms with E-state index in [0.717, 1.165) is 11.1 Å². The van der Waals surface area contributed by atoms with Crippen molar-refractivity contribution in [3.8, 4) is 5.75 Å². The Morgan fingerprint density at radius 1 is 1.14 bits per heavy atom. The fraction of sp³-hybridized carbons (Fsp3) is 0.167. The summed E-state index contributed by atoms with van der Waals surface area (Å²) in [5, 5.41) is 9.98. The topological polar surface area (TPSA) is 59.7 Å². The van der Waals surface area contributed by atoms with Crippen molar-refractivity contribution in [2.24, 2.45) is 0 Å². The third-order valence-electron chi connectivity index (χ3n) is 3.69. The molecule has 0 amide bonds. The quantitative estimate of drug-likeness (QED) is 0.778. The molecule has 0 bridgehead atoms. The highest BCUT2D eigenvalue weighted by molar-refractivity contribution is 6.05. The van der Waals surface area contributed by atoms with Gasteiger partial charge in [-0.1, -0.05) is 30.3 Å². The molecule has 0 spiro atoms. The molecule has 112 valence electrons. The number of ether oxygens (including phenoxy) is 1. The summed E-state index contributed by atoms with van der Waals surface area (Å²) in [4.78, 5) is 11.4. The number of furan rings is 1. The fourth-order valence-corrected chi connectivity index (χ4v) is 2.60. The number of aromatic carboxylic acids is 1. The van der Waals surface area contributed by atoms with Gasteiger partial charge < -0.3 is 14.3 Å². The van der Waals surface area contributed by atoms with Crippen LogP contribution in [0, 0.1) is 13.8 Å². The lowest BCUT2D eigenvalue weighted by molar-refractivity contribution is 0.0697. The highest BCUT2D eigenvalue weighted by Gasteiger charge is 2.20. The number of carboxylic acids is 1. The highest BCUT2D eigenvalue weighted by Crippen LogP contribution is 2.34. The summed E-state index contributed by atoms with van der Waals surface area (Å²) in [7, 11) is 0. The van der Waals surface area contributed by atoms with Crippen molar-refractivity contribution >= 4 is 16.9 Å². The normalized spacial score (nSPS) is 10.8. The summed E-state index contributed by atoms with van der Waals surface area (Å²) in [5.41, 5.74) is 2.61. The van der Waals surface area contributed by atoms with Gasteiger partial charge in [-0.3, -0.25) is 0 Å². The van der Waals surface area contributed by atoms with E-state index in [9.17, 15) is 9.90 Å². The molecule has 1 heterocycles. The standard InChI is InChI=1S/C18H16O4/c1-11-14(21-10-13-6-4-3-5-7-13)8-9-15-16(11)17(18(19)20)12(2)22-15/h3-9H,10H2,1-2H3,(H,19,20). The van der Waals surface area contributed by atoms with Crippen LogP contribution >= 0.6 is 0 Å². The molecule has 1 aromatic heterocycles. The van der Waals surface area contributed by atoms with E-state index in [2.05, 4.69) is 0 Å². The second-order valence-electron chi connectivity index (χ2n) is 5.17. The summed E-state index contributed by atoms with van der Waals surface area (Å²) in [6.07, 6.45) is 0. The maximum absolute atomic E-state index is 11.4. The van der Waals surface area contributed by atoms with Gasteiger partial charge >= 0.3 is 5.97 Å². The summed E-state index contributed by atoms with van der Waals surface area (Å²) < 4.78 is 11.4. The van der Waals surface area contributed by atoms with E-state index in [0.29, 0.717) is 29.1 Å². The molecule has 0 aliphatic carbocycles. The minimum absolute atomic E-state index is 0.206. The molecule has 0 saturated heterocycles. The molecule has 0 atom stereocenters. The third-order valence-corrected chi connectivity index (χ3v) is 3.69. The molecular weight excluding hydrogens is 280 g/mol. The summed E-state index contributed by atoms with van der Waals surface area (Å²) in [5.74, 6) is 0.0880. The first-order valence-corrected chi connectivity index (χ1v) is 7.00.